The molecule has 0 saturated carbocycles. The molecule has 0 radical (unpaired) electrons. The first-order valence-electron chi connectivity index (χ1n) is 10.2. The molecule has 2 aromatic carbocycles. The Bertz CT molecular complexity index is 1290. The van der Waals surface area contributed by atoms with Gasteiger partial charge >= 0.3 is 0 Å². The van der Waals surface area contributed by atoms with Gasteiger partial charge < -0.3 is 10.1 Å². The lowest BCUT2D eigenvalue weighted by Crippen LogP contribution is -2.08. The van der Waals surface area contributed by atoms with Crippen LogP contribution in [0.5, 0.6) is 11.5 Å². The van der Waals surface area contributed by atoms with Crippen LogP contribution in [0.25, 0.3) is 16.9 Å². The van der Waals surface area contributed by atoms with Crippen LogP contribution in [0.1, 0.15) is 5.69 Å². The fourth-order valence-electron chi connectivity index (χ4n) is 3.48. The van der Waals surface area contributed by atoms with E-state index in [1.165, 1.54) is 0 Å². The summed E-state index contributed by atoms with van der Waals surface area (Å²) in [4.78, 5) is 13.5. The molecule has 0 amide bonds. The van der Waals surface area contributed by atoms with Crippen LogP contribution in [0.15, 0.2) is 97.6 Å². The Labute approximate surface area is 180 Å². The number of rotatable bonds is 7. The van der Waals surface area contributed by atoms with Gasteiger partial charge in [-0.05, 0) is 36.4 Å². The summed E-state index contributed by atoms with van der Waals surface area (Å²) < 4.78 is 8.18. The van der Waals surface area contributed by atoms with Crippen molar-refractivity contribution >= 4 is 11.5 Å². The van der Waals surface area contributed by atoms with Crippen molar-refractivity contribution < 1.29 is 4.74 Å². The summed E-state index contributed by atoms with van der Waals surface area (Å²) in [5.41, 5.74) is 3.72. The van der Waals surface area contributed by atoms with Gasteiger partial charge in [0.05, 0.1) is 11.9 Å². The van der Waals surface area contributed by atoms with Gasteiger partial charge in [0.2, 0.25) is 0 Å². The Morgan fingerprint density at radius 2 is 1.65 bits per heavy atom. The van der Waals surface area contributed by atoms with Crippen LogP contribution >= 0.6 is 0 Å². The number of imidazole rings is 1. The van der Waals surface area contributed by atoms with Gasteiger partial charge in [-0.3, -0.25) is 9.38 Å². The lowest BCUT2D eigenvalue weighted by Gasteiger charge is -2.11. The smallest absolute Gasteiger partial charge is 0.180 e. The predicted octanol–water partition coefficient (Wildman–Crippen LogP) is 5.24. The SMILES string of the molecule is c1ccc(Oc2ccccc2-c2cnc3c(NCCc4ccccn4)nccn23)cc1. The number of nitrogens with one attached hydrogen (secondary N) is 1. The minimum Gasteiger partial charge on any atom is -0.457 e. The Kier molecular flexibility index (Phi) is 5.26. The maximum absolute atomic E-state index is 6.15. The highest BCUT2D eigenvalue weighted by Gasteiger charge is 2.14. The van der Waals surface area contributed by atoms with Crippen molar-refractivity contribution in [2.75, 3.05) is 11.9 Å². The zero-order valence-corrected chi connectivity index (χ0v) is 16.8. The highest BCUT2D eigenvalue weighted by Crippen LogP contribution is 2.34. The maximum atomic E-state index is 6.15. The summed E-state index contributed by atoms with van der Waals surface area (Å²) in [6.45, 7) is 0.722. The molecule has 0 spiro atoms. The molecule has 31 heavy (non-hydrogen) atoms. The fourth-order valence-corrected chi connectivity index (χ4v) is 3.48. The van der Waals surface area contributed by atoms with Gasteiger partial charge in [-0.2, -0.15) is 0 Å². The van der Waals surface area contributed by atoms with E-state index in [9.17, 15) is 0 Å². The van der Waals surface area contributed by atoms with Crippen LogP contribution in [-0.2, 0) is 6.42 Å². The van der Waals surface area contributed by atoms with Crippen LogP contribution in [0.4, 0.5) is 5.82 Å². The Morgan fingerprint density at radius 1 is 0.806 bits per heavy atom. The second-order valence-electron chi connectivity index (χ2n) is 7.02. The topological polar surface area (TPSA) is 64.3 Å². The van der Waals surface area contributed by atoms with E-state index in [1.807, 2.05) is 95.8 Å². The van der Waals surface area contributed by atoms with Crippen molar-refractivity contribution in [3.8, 4) is 22.8 Å². The van der Waals surface area contributed by atoms with E-state index in [0.717, 1.165) is 52.9 Å². The van der Waals surface area contributed by atoms with Gasteiger partial charge in [0.15, 0.2) is 11.5 Å². The van der Waals surface area contributed by atoms with E-state index in [0.29, 0.717) is 0 Å². The first-order valence-corrected chi connectivity index (χ1v) is 10.2. The molecule has 5 aromatic rings. The highest BCUT2D eigenvalue weighted by atomic mass is 16.5. The summed E-state index contributed by atoms with van der Waals surface area (Å²) in [6.07, 6.45) is 8.17. The van der Waals surface area contributed by atoms with E-state index in [1.54, 1.807) is 6.20 Å². The second kappa shape index (κ2) is 8.67. The highest BCUT2D eigenvalue weighted by molar-refractivity contribution is 5.74. The molecule has 0 aliphatic heterocycles. The van der Waals surface area contributed by atoms with E-state index < -0.39 is 0 Å². The average molecular weight is 407 g/mol. The molecule has 5 rings (SSSR count). The summed E-state index contributed by atoms with van der Waals surface area (Å²) in [5, 5.41) is 3.39. The Morgan fingerprint density at radius 3 is 2.52 bits per heavy atom. The molecule has 0 fully saturated rings. The molecule has 0 atom stereocenters. The van der Waals surface area contributed by atoms with Gasteiger partial charge in [0.1, 0.15) is 11.5 Å². The summed E-state index contributed by atoms with van der Waals surface area (Å²) >= 11 is 0. The molecule has 6 heteroatoms. The van der Waals surface area contributed by atoms with E-state index in [-0.39, 0.29) is 0 Å². The number of para-hydroxylation sites is 2. The van der Waals surface area contributed by atoms with Crippen LogP contribution in [0.3, 0.4) is 0 Å². The van der Waals surface area contributed by atoms with Crippen LogP contribution < -0.4 is 10.1 Å². The largest absolute Gasteiger partial charge is 0.457 e. The zero-order valence-electron chi connectivity index (χ0n) is 16.8. The average Bonchev–Trinajstić information content (AvgIpc) is 3.26. The second-order valence-corrected chi connectivity index (χ2v) is 7.02. The van der Waals surface area contributed by atoms with E-state index >= 15 is 0 Å². The van der Waals surface area contributed by atoms with Gasteiger partial charge in [-0.25, -0.2) is 9.97 Å². The number of benzene rings is 2. The van der Waals surface area contributed by atoms with Crippen molar-refractivity contribution in [1.29, 1.82) is 0 Å². The Hall–Kier alpha value is -4.19. The minimum atomic E-state index is 0.722. The van der Waals surface area contributed by atoms with Gasteiger partial charge in [-0.15, -0.1) is 0 Å². The first kappa shape index (κ1) is 18.8. The summed E-state index contributed by atoms with van der Waals surface area (Å²) in [5.74, 6) is 2.31. The zero-order chi connectivity index (χ0) is 20.9. The van der Waals surface area contributed by atoms with E-state index in [2.05, 4.69) is 20.3 Å². The number of hydrogen-bond acceptors (Lipinski definition) is 5. The fraction of sp³-hybridized carbons (Fsp3) is 0.0800. The number of ether oxygens (including phenoxy) is 1. The lowest BCUT2D eigenvalue weighted by atomic mass is 10.1. The summed E-state index contributed by atoms with van der Waals surface area (Å²) in [7, 11) is 0. The van der Waals surface area contributed by atoms with Crippen LogP contribution in [0, 0.1) is 0 Å². The van der Waals surface area contributed by atoms with Gasteiger partial charge in [0.25, 0.3) is 0 Å². The Balaban J connectivity index is 1.43. The molecular formula is C25H21N5O. The van der Waals surface area contributed by atoms with Crippen LogP contribution in [-0.4, -0.2) is 25.9 Å². The summed E-state index contributed by atoms with van der Waals surface area (Å²) in [6, 6.07) is 23.7. The van der Waals surface area contributed by atoms with Gasteiger partial charge in [0, 0.05) is 42.8 Å². The predicted molar refractivity (Wildman–Crippen MR) is 121 cm³/mol. The third kappa shape index (κ3) is 4.09. The number of aromatic nitrogens is 4. The molecule has 152 valence electrons. The molecule has 0 saturated heterocycles. The lowest BCUT2D eigenvalue weighted by molar-refractivity contribution is 0.484. The number of pyridine rings is 1. The van der Waals surface area contributed by atoms with Crippen molar-refractivity contribution in [3.63, 3.8) is 0 Å². The third-order valence-electron chi connectivity index (χ3n) is 4.96. The molecule has 3 aromatic heterocycles. The molecule has 0 unspecified atom stereocenters. The molecule has 3 heterocycles. The monoisotopic (exact) mass is 407 g/mol. The minimum absolute atomic E-state index is 0.722. The number of anilines is 1. The number of fused-ring (bicyclic) bond motifs is 1. The molecule has 0 aliphatic carbocycles. The molecule has 0 bridgehead atoms. The molecule has 6 nitrogen and oxygen atoms in total. The number of nitrogens with zero attached hydrogens (tertiary/aromatic N) is 4. The quantitative estimate of drug-likeness (QED) is 0.400. The van der Waals surface area contributed by atoms with Crippen molar-refractivity contribution in [3.05, 3.63) is 103 Å². The normalized spacial score (nSPS) is 10.8. The molecular weight excluding hydrogens is 386 g/mol. The standard InChI is InChI=1S/C25H21N5O/c1-2-9-20(10-3-1)31-23-12-5-4-11-21(23)22-18-29-25-24(28-16-17-30(22)25)27-15-13-19-8-6-7-14-26-19/h1-12,14,16-18H,13,15H2,(H,27,28). The molecule has 1 N–H and O–H groups in total. The molecule has 0 aliphatic rings. The maximum Gasteiger partial charge on any atom is 0.180 e. The van der Waals surface area contributed by atoms with Crippen molar-refractivity contribution in [1.82, 2.24) is 19.4 Å². The van der Waals surface area contributed by atoms with Crippen molar-refractivity contribution in [2.45, 2.75) is 6.42 Å². The first-order chi connectivity index (χ1) is 15.4. The number of hydrogen-bond donors (Lipinski definition) is 1. The van der Waals surface area contributed by atoms with Gasteiger partial charge in [-0.1, -0.05) is 36.4 Å². The van der Waals surface area contributed by atoms with E-state index in [4.69, 9.17) is 4.74 Å². The van der Waals surface area contributed by atoms with Crippen molar-refractivity contribution in [2.24, 2.45) is 0 Å². The third-order valence-corrected chi connectivity index (χ3v) is 4.96. The van der Waals surface area contributed by atoms with Crippen LogP contribution in [0.2, 0.25) is 0 Å².